The lowest BCUT2D eigenvalue weighted by atomic mass is 9.98. The minimum atomic E-state index is -1.76. The molecule has 2 aliphatic rings. The van der Waals surface area contributed by atoms with Gasteiger partial charge < -0.3 is 64.2 Å². The average Bonchev–Trinajstić information content (AvgIpc) is 3.28. The first-order valence-electron chi connectivity index (χ1n) is 25.1. The zero-order valence-corrected chi connectivity index (χ0v) is 39.1. The summed E-state index contributed by atoms with van der Waals surface area (Å²) in [6.45, 7) is 2.60. The van der Waals surface area contributed by atoms with Gasteiger partial charge in [0.05, 0.1) is 19.8 Å². The van der Waals surface area contributed by atoms with Crippen LogP contribution >= 0.6 is 0 Å². The van der Waals surface area contributed by atoms with Gasteiger partial charge in [-0.25, -0.2) is 0 Å². The van der Waals surface area contributed by atoms with Crippen LogP contribution in [0, 0.1) is 0 Å². The van der Waals surface area contributed by atoms with E-state index in [1.54, 1.807) is 0 Å². The van der Waals surface area contributed by atoms with Crippen LogP contribution in [0.15, 0.2) is 0 Å². The van der Waals surface area contributed by atoms with Crippen LogP contribution in [0.1, 0.15) is 200 Å². The molecule has 2 fully saturated rings. The molecule has 63 heavy (non-hydrogen) atoms. The molecule has 0 aromatic carbocycles. The first kappa shape index (κ1) is 57.6. The van der Waals surface area contributed by atoms with Crippen molar-refractivity contribution in [3.63, 3.8) is 0 Å². The van der Waals surface area contributed by atoms with Crippen LogP contribution in [0.4, 0.5) is 0 Å². The number of hydrogen-bond donors (Lipinski definition) is 7. The van der Waals surface area contributed by atoms with Crippen molar-refractivity contribution in [3.8, 4) is 0 Å². The van der Waals surface area contributed by atoms with Gasteiger partial charge >= 0.3 is 11.9 Å². The van der Waals surface area contributed by atoms with Crippen molar-refractivity contribution in [1.82, 2.24) is 0 Å². The molecule has 2 saturated heterocycles. The van der Waals surface area contributed by atoms with E-state index in [-0.39, 0.29) is 26.1 Å². The van der Waals surface area contributed by atoms with E-state index in [0.29, 0.717) is 12.8 Å². The van der Waals surface area contributed by atoms with E-state index >= 15 is 0 Å². The zero-order chi connectivity index (χ0) is 46.1. The number of carbonyl (C=O) groups is 2. The Morgan fingerprint density at radius 3 is 1.24 bits per heavy atom. The summed E-state index contributed by atoms with van der Waals surface area (Å²) >= 11 is 0. The molecule has 0 bridgehead atoms. The third-order valence-electron chi connectivity index (χ3n) is 12.3. The molecule has 7 N–H and O–H groups in total. The summed E-state index contributed by atoms with van der Waals surface area (Å²) < 4.78 is 33.5. The molecule has 0 radical (unpaired) electrons. The van der Waals surface area contributed by atoms with E-state index in [2.05, 4.69) is 13.8 Å². The van der Waals surface area contributed by atoms with Gasteiger partial charge in [0.15, 0.2) is 18.7 Å². The minimum Gasteiger partial charge on any atom is -0.462 e. The Labute approximate surface area is 378 Å². The Morgan fingerprint density at radius 2 is 0.810 bits per heavy atom. The topological polar surface area (TPSA) is 231 Å². The van der Waals surface area contributed by atoms with Gasteiger partial charge in [-0.3, -0.25) is 9.59 Å². The summed E-state index contributed by atoms with van der Waals surface area (Å²) in [5, 5.41) is 72.0. The number of hydrogen-bond acceptors (Lipinski definition) is 15. The number of aliphatic hydroxyl groups excluding tert-OH is 7. The Morgan fingerprint density at radius 1 is 0.444 bits per heavy atom. The number of ether oxygens (including phenoxy) is 6. The summed E-state index contributed by atoms with van der Waals surface area (Å²) in [7, 11) is 0. The van der Waals surface area contributed by atoms with E-state index in [9.17, 15) is 45.3 Å². The summed E-state index contributed by atoms with van der Waals surface area (Å²) in [5.74, 6) is -0.913. The van der Waals surface area contributed by atoms with Crippen molar-refractivity contribution in [2.24, 2.45) is 0 Å². The van der Waals surface area contributed by atoms with Crippen LogP contribution < -0.4 is 0 Å². The van der Waals surface area contributed by atoms with Crippen molar-refractivity contribution in [2.45, 2.75) is 268 Å². The molecule has 11 atom stereocenters. The summed E-state index contributed by atoms with van der Waals surface area (Å²) in [4.78, 5) is 25.7. The van der Waals surface area contributed by atoms with Crippen LogP contribution in [-0.2, 0) is 38.0 Å². The van der Waals surface area contributed by atoms with E-state index in [1.165, 1.54) is 122 Å². The molecule has 372 valence electrons. The third-order valence-corrected chi connectivity index (χ3v) is 12.3. The predicted molar refractivity (Wildman–Crippen MR) is 238 cm³/mol. The van der Waals surface area contributed by atoms with Gasteiger partial charge in [0, 0.05) is 12.8 Å². The quantitative estimate of drug-likeness (QED) is 0.0260. The van der Waals surface area contributed by atoms with Gasteiger partial charge in [0.1, 0.15) is 55.4 Å². The standard InChI is InChI=1S/C48H90O15/c1-3-5-7-9-11-13-15-16-17-18-19-21-23-25-27-29-31-40(51)61-36(33-58-39(50)30-28-26-24-22-20-14-12-10-8-6-4-2)34-59-47-46(57)44(55)42(53)38(63-47)35-60-48-45(56)43(54)41(52)37(32-49)62-48/h36-38,41-49,52-57H,3-35H2,1-2H3. The molecular formula is C48H90O15. The number of aliphatic hydroxyl groups is 7. The molecule has 0 aliphatic carbocycles. The predicted octanol–water partition coefficient (Wildman–Crippen LogP) is 6.43. The van der Waals surface area contributed by atoms with Crippen LogP contribution in [-0.4, -0.2) is 142 Å². The molecule has 15 heteroatoms. The monoisotopic (exact) mass is 907 g/mol. The first-order chi connectivity index (χ1) is 30.5. The van der Waals surface area contributed by atoms with Gasteiger partial charge in [-0.2, -0.15) is 0 Å². The van der Waals surface area contributed by atoms with Crippen molar-refractivity contribution >= 4 is 11.9 Å². The SMILES string of the molecule is CCCCCCCCCCCCCCCCCCC(=O)OC(COC(=O)CCCCCCCCCCCCC)COC1OC(COC2OC(CO)C(O)C(O)C2O)C(O)C(O)C1O. The fourth-order valence-corrected chi connectivity index (χ4v) is 8.16. The molecule has 15 nitrogen and oxygen atoms in total. The maximum absolute atomic E-state index is 13.0. The zero-order valence-electron chi connectivity index (χ0n) is 39.1. The van der Waals surface area contributed by atoms with E-state index < -0.39 is 92.7 Å². The van der Waals surface area contributed by atoms with Gasteiger partial charge in [-0.05, 0) is 12.8 Å². The number of carbonyl (C=O) groups excluding carboxylic acids is 2. The molecule has 2 aliphatic heterocycles. The molecule has 0 amide bonds. The summed E-state index contributed by atoms with van der Waals surface area (Å²) in [5.41, 5.74) is 0. The van der Waals surface area contributed by atoms with Crippen LogP contribution in [0.25, 0.3) is 0 Å². The van der Waals surface area contributed by atoms with E-state index in [1.807, 2.05) is 0 Å². The van der Waals surface area contributed by atoms with Crippen molar-refractivity contribution in [1.29, 1.82) is 0 Å². The summed E-state index contributed by atoms with van der Waals surface area (Å²) in [6.07, 6.45) is 15.6. The highest BCUT2D eigenvalue weighted by molar-refractivity contribution is 5.70. The Bertz CT molecular complexity index is 1110. The molecule has 2 heterocycles. The smallest absolute Gasteiger partial charge is 0.306 e. The van der Waals surface area contributed by atoms with Crippen LogP contribution in [0.3, 0.4) is 0 Å². The largest absolute Gasteiger partial charge is 0.462 e. The molecule has 0 aromatic heterocycles. The Hall–Kier alpha value is -1.50. The molecule has 0 aromatic rings. The van der Waals surface area contributed by atoms with Crippen LogP contribution in [0.5, 0.6) is 0 Å². The minimum absolute atomic E-state index is 0.173. The second-order valence-corrected chi connectivity index (χ2v) is 18.0. The summed E-state index contributed by atoms with van der Waals surface area (Å²) in [6, 6.07) is 0. The molecule has 0 spiro atoms. The number of esters is 2. The lowest BCUT2D eigenvalue weighted by Crippen LogP contribution is -2.61. The maximum atomic E-state index is 13.0. The Kier molecular flexibility index (Phi) is 33.5. The second-order valence-electron chi connectivity index (χ2n) is 18.0. The highest BCUT2D eigenvalue weighted by Crippen LogP contribution is 2.26. The van der Waals surface area contributed by atoms with E-state index in [0.717, 1.165) is 38.5 Å². The average molecular weight is 907 g/mol. The Balaban J connectivity index is 1.81. The van der Waals surface area contributed by atoms with Crippen molar-refractivity contribution < 1.29 is 73.8 Å². The van der Waals surface area contributed by atoms with Gasteiger partial charge in [-0.15, -0.1) is 0 Å². The molecular weight excluding hydrogens is 817 g/mol. The number of rotatable bonds is 39. The van der Waals surface area contributed by atoms with Gasteiger partial charge in [0.2, 0.25) is 0 Å². The molecule has 2 rings (SSSR count). The van der Waals surface area contributed by atoms with Crippen molar-refractivity contribution in [3.05, 3.63) is 0 Å². The highest BCUT2D eigenvalue weighted by atomic mass is 16.7. The number of unbranched alkanes of at least 4 members (excludes halogenated alkanes) is 25. The molecule has 0 saturated carbocycles. The lowest BCUT2D eigenvalue weighted by molar-refractivity contribution is -0.332. The van der Waals surface area contributed by atoms with Gasteiger partial charge in [-0.1, -0.05) is 174 Å². The van der Waals surface area contributed by atoms with Crippen LogP contribution in [0.2, 0.25) is 0 Å². The fraction of sp³-hybridized carbons (Fsp3) is 0.958. The third kappa shape index (κ3) is 25.3. The molecule has 11 unspecified atom stereocenters. The fourth-order valence-electron chi connectivity index (χ4n) is 8.16. The van der Waals surface area contributed by atoms with E-state index in [4.69, 9.17) is 28.4 Å². The lowest BCUT2D eigenvalue weighted by Gasteiger charge is -2.42. The normalized spacial score (nSPS) is 26.7. The maximum Gasteiger partial charge on any atom is 0.306 e. The first-order valence-corrected chi connectivity index (χ1v) is 25.1. The highest BCUT2D eigenvalue weighted by Gasteiger charge is 2.47. The van der Waals surface area contributed by atoms with Gasteiger partial charge in [0.25, 0.3) is 0 Å². The second kappa shape index (κ2) is 36.6. The van der Waals surface area contributed by atoms with Crippen molar-refractivity contribution in [2.75, 3.05) is 26.4 Å².